The highest BCUT2D eigenvalue weighted by atomic mass is 16.4. The summed E-state index contributed by atoms with van der Waals surface area (Å²) in [6.07, 6.45) is 1.94. The van der Waals surface area contributed by atoms with E-state index in [0.29, 0.717) is 5.56 Å². The Labute approximate surface area is 134 Å². The molecule has 3 aliphatic rings. The van der Waals surface area contributed by atoms with Crippen LogP contribution in [0.15, 0.2) is 18.2 Å². The SMILES string of the molecule is O=C(O)C1Cc2c(O)cccc2C1NC(=O)C12CCN(CC1)C2. The van der Waals surface area contributed by atoms with Crippen molar-refractivity contribution in [3.05, 3.63) is 29.3 Å². The van der Waals surface area contributed by atoms with Gasteiger partial charge in [0.2, 0.25) is 5.91 Å². The summed E-state index contributed by atoms with van der Waals surface area (Å²) < 4.78 is 0. The first kappa shape index (κ1) is 14.5. The van der Waals surface area contributed by atoms with E-state index in [2.05, 4.69) is 10.2 Å². The standard InChI is InChI=1S/C17H20N2O4/c20-13-3-1-2-10-11(13)8-12(15(21)22)14(10)18-16(23)17-4-6-19(9-17)7-5-17/h1-3,12,14,20H,4-9H2,(H,18,23)(H,21,22). The molecule has 0 radical (unpaired) electrons. The fourth-order valence-electron chi connectivity index (χ4n) is 4.39. The molecule has 122 valence electrons. The number of carbonyl (C=O) groups is 2. The molecule has 0 saturated carbocycles. The maximum absolute atomic E-state index is 12.9. The van der Waals surface area contributed by atoms with Gasteiger partial charge in [-0.2, -0.15) is 0 Å². The summed E-state index contributed by atoms with van der Waals surface area (Å²) in [6.45, 7) is 2.66. The van der Waals surface area contributed by atoms with Crippen molar-refractivity contribution in [3.8, 4) is 5.75 Å². The van der Waals surface area contributed by atoms with Crippen molar-refractivity contribution in [2.75, 3.05) is 19.6 Å². The molecule has 2 bridgehead atoms. The Bertz CT molecular complexity index is 679. The van der Waals surface area contributed by atoms with E-state index in [0.717, 1.165) is 38.0 Å². The smallest absolute Gasteiger partial charge is 0.309 e. The number of aliphatic carboxylic acids is 1. The minimum atomic E-state index is -0.942. The van der Waals surface area contributed by atoms with Crippen molar-refractivity contribution < 1.29 is 19.8 Å². The van der Waals surface area contributed by atoms with Gasteiger partial charge in [-0.25, -0.2) is 0 Å². The second-order valence-corrected chi connectivity index (χ2v) is 7.00. The van der Waals surface area contributed by atoms with Gasteiger partial charge in [0, 0.05) is 12.1 Å². The summed E-state index contributed by atoms with van der Waals surface area (Å²) >= 11 is 0. The van der Waals surface area contributed by atoms with Crippen LogP contribution in [-0.4, -0.2) is 46.6 Å². The molecule has 1 aliphatic carbocycles. The van der Waals surface area contributed by atoms with Crippen LogP contribution in [0.25, 0.3) is 0 Å². The molecule has 0 spiro atoms. The summed E-state index contributed by atoms with van der Waals surface area (Å²) in [5, 5.41) is 22.5. The Morgan fingerprint density at radius 1 is 1.26 bits per heavy atom. The van der Waals surface area contributed by atoms with Crippen molar-refractivity contribution in [3.63, 3.8) is 0 Å². The number of benzene rings is 1. The normalized spacial score (nSPS) is 34.3. The highest BCUT2D eigenvalue weighted by molar-refractivity contribution is 5.85. The Hall–Kier alpha value is -2.08. The minimum absolute atomic E-state index is 0.0371. The number of piperidine rings is 1. The predicted molar refractivity (Wildman–Crippen MR) is 81.9 cm³/mol. The number of aromatic hydroxyl groups is 1. The number of carbonyl (C=O) groups excluding carboxylic acids is 1. The van der Waals surface area contributed by atoms with Crippen molar-refractivity contribution in [2.24, 2.45) is 11.3 Å². The number of carboxylic acids is 1. The van der Waals surface area contributed by atoms with Crippen LogP contribution in [0.1, 0.15) is 30.0 Å². The van der Waals surface area contributed by atoms with Crippen LogP contribution >= 0.6 is 0 Å². The molecule has 1 aromatic carbocycles. The van der Waals surface area contributed by atoms with Crippen LogP contribution in [0.4, 0.5) is 0 Å². The van der Waals surface area contributed by atoms with E-state index in [1.165, 1.54) is 0 Å². The van der Waals surface area contributed by atoms with Gasteiger partial charge in [0.25, 0.3) is 0 Å². The van der Waals surface area contributed by atoms with Crippen LogP contribution in [0.2, 0.25) is 0 Å². The summed E-state index contributed by atoms with van der Waals surface area (Å²) in [6, 6.07) is 4.50. The molecule has 2 fully saturated rings. The van der Waals surface area contributed by atoms with E-state index in [9.17, 15) is 19.8 Å². The second-order valence-electron chi connectivity index (χ2n) is 7.00. The van der Waals surface area contributed by atoms with Gasteiger partial charge in [0.05, 0.1) is 17.4 Å². The molecule has 0 aromatic heterocycles. The molecule has 2 atom stereocenters. The average Bonchev–Trinajstić information content (AvgIpc) is 3.21. The van der Waals surface area contributed by atoms with Crippen LogP contribution in [0.5, 0.6) is 5.75 Å². The molecule has 3 N–H and O–H groups in total. The van der Waals surface area contributed by atoms with Gasteiger partial charge in [-0.05, 0) is 44.0 Å². The van der Waals surface area contributed by atoms with Gasteiger partial charge in [0.15, 0.2) is 0 Å². The Morgan fingerprint density at radius 3 is 2.61 bits per heavy atom. The zero-order chi connectivity index (χ0) is 16.2. The largest absolute Gasteiger partial charge is 0.508 e. The topological polar surface area (TPSA) is 89.9 Å². The van der Waals surface area contributed by atoms with Gasteiger partial charge >= 0.3 is 5.97 Å². The number of hydrogen-bond acceptors (Lipinski definition) is 4. The van der Waals surface area contributed by atoms with Gasteiger partial charge in [-0.1, -0.05) is 12.1 Å². The van der Waals surface area contributed by atoms with E-state index in [1.807, 2.05) is 0 Å². The zero-order valence-corrected chi connectivity index (χ0v) is 12.8. The number of carboxylic acid groups (broad SMARTS) is 1. The maximum Gasteiger partial charge on any atom is 0.309 e. The number of phenols is 1. The molecular formula is C17H20N2O4. The van der Waals surface area contributed by atoms with Crippen LogP contribution in [-0.2, 0) is 16.0 Å². The molecule has 1 aromatic rings. The maximum atomic E-state index is 12.9. The third kappa shape index (κ3) is 2.12. The molecule has 2 saturated heterocycles. The van der Waals surface area contributed by atoms with Gasteiger partial charge in [-0.3, -0.25) is 9.59 Å². The first-order valence-electron chi connectivity index (χ1n) is 8.07. The van der Waals surface area contributed by atoms with Crippen molar-refractivity contribution in [1.29, 1.82) is 0 Å². The quantitative estimate of drug-likeness (QED) is 0.771. The number of fused-ring (bicyclic) bond motifs is 3. The molecule has 23 heavy (non-hydrogen) atoms. The van der Waals surface area contributed by atoms with Gasteiger partial charge < -0.3 is 20.4 Å². The first-order chi connectivity index (χ1) is 11.0. The first-order valence-corrected chi connectivity index (χ1v) is 8.07. The summed E-state index contributed by atoms with van der Waals surface area (Å²) in [5.74, 6) is -1.60. The fourth-order valence-corrected chi connectivity index (χ4v) is 4.39. The minimum Gasteiger partial charge on any atom is -0.508 e. The molecule has 4 rings (SSSR count). The molecule has 2 aliphatic heterocycles. The summed E-state index contributed by atoms with van der Waals surface area (Å²) in [4.78, 5) is 26.7. The lowest BCUT2D eigenvalue weighted by molar-refractivity contribution is -0.143. The number of nitrogens with zero attached hydrogens (tertiary/aromatic N) is 1. The van der Waals surface area contributed by atoms with Crippen LogP contribution in [0.3, 0.4) is 0 Å². The van der Waals surface area contributed by atoms with E-state index >= 15 is 0 Å². The average molecular weight is 316 g/mol. The van der Waals surface area contributed by atoms with E-state index in [4.69, 9.17) is 0 Å². The van der Waals surface area contributed by atoms with E-state index in [1.54, 1.807) is 18.2 Å². The third-order valence-corrected chi connectivity index (χ3v) is 5.77. The van der Waals surface area contributed by atoms with E-state index in [-0.39, 0.29) is 23.5 Å². The highest BCUT2D eigenvalue weighted by Crippen LogP contribution is 2.44. The van der Waals surface area contributed by atoms with Crippen molar-refractivity contribution in [1.82, 2.24) is 10.2 Å². The molecule has 2 unspecified atom stereocenters. The number of hydrogen-bond donors (Lipinski definition) is 3. The molecule has 2 heterocycles. The van der Waals surface area contributed by atoms with Crippen LogP contribution in [0, 0.1) is 11.3 Å². The Morgan fingerprint density at radius 2 is 2.00 bits per heavy atom. The molecule has 6 heteroatoms. The molecular weight excluding hydrogens is 296 g/mol. The van der Waals surface area contributed by atoms with Gasteiger partial charge in [-0.15, -0.1) is 0 Å². The van der Waals surface area contributed by atoms with Gasteiger partial charge in [0.1, 0.15) is 5.75 Å². The number of phenolic OH excluding ortho intramolecular Hbond substituents is 1. The summed E-state index contributed by atoms with van der Waals surface area (Å²) in [7, 11) is 0. The van der Waals surface area contributed by atoms with Crippen molar-refractivity contribution in [2.45, 2.75) is 25.3 Å². The lowest BCUT2D eigenvalue weighted by Crippen LogP contribution is -2.44. The lowest BCUT2D eigenvalue weighted by atomic mass is 9.83. The monoisotopic (exact) mass is 316 g/mol. The zero-order valence-electron chi connectivity index (χ0n) is 12.8. The fraction of sp³-hybridized carbons (Fsp3) is 0.529. The molecule has 1 amide bonds. The van der Waals surface area contributed by atoms with Crippen molar-refractivity contribution >= 4 is 11.9 Å². The lowest BCUT2D eigenvalue weighted by Gasteiger charge is -2.28. The highest BCUT2D eigenvalue weighted by Gasteiger charge is 2.51. The van der Waals surface area contributed by atoms with Crippen LogP contribution < -0.4 is 5.32 Å². The third-order valence-electron chi connectivity index (χ3n) is 5.77. The Kier molecular flexibility index (Phi) is 3.13. The number of nitrogens with one attached hydrogen (secondary N) is 1. The van der Waals surface area contributed by atoms with E-state index < -0.39 is 17.9 Å². The molecule has 6 nitrogen and oxygen atoms in total. The summed E-state index contributed by atoms with van der Waals surface area (Å²) in [5.41, 5.74) is 1.01. The number of amides is 1. The number of rotatable bonds is 3. The Balaban J connectivity index is 1.63. The second kappa shape index (κ2) is 4.96. The predicted octanol–water partition coefficient (Wildman–Crippen LogP) is 0.902.